The zero-order valence-electron chi connectivity index (χ0n) is 16.3. The fourth-order valence-corrected chi connectivity index (χ4v) is 2.62. The van der Waals surface area contributed by atoms with Crippen LogP contribution in [0.3, 0.4) is 0 Å². The lowest BCUT2D eigenvalue weighted by atomic mass is 10.1. The molecule has 5 heteroatoms. The molecule has 0 atom stereocenters. The molecule has 0 radical (unpaired) electrons. The standard InChI is InChI=1S/C20H34N4O/c1-5-8-9-10-15-22-20(21-4)23-16-17-11-13-18(14-12-17)19(25)24(6-2)7-3/h11-14H,5-10,15-16H2,1-4H3,(H2,21,22,23). The number of nitrogens with one attached hydrogen (secondary N) is 2. The Morgan fingerprint density at radius 1 is 1.00 bits per heavy atom. The van der Waals surface area contributed by atoms with Crippen LogP contribution in [0.5, 0.6) is 0 Å². The topological polar surface area (TPSA) is 56.7 Å². The fourth-order valence-electron chi connectivity index (χ4n) is 2.62. The minimum atomic E-state index is 0.0917. The molecule has 0 aromatic heterocycles. The van der Waals surface area contributed by atoms with Crippen LogP contribution in [0.25, 0.3) is 0 Å². The van der Waals surface area contributed by atoms with Gasteiger partial charge in [-0.1, -0.05) is 38.3 Å². The summed E-state index contributed by atoms with van der Waals surface area (Å²) in [7, 11) is 1.78. The molecular formula is C20H34N4O. The molecule has 0 spiro atoms. The average molecular weight is 347 g/mol. The second kappa shape index (κ2) is 12.3. The Balaban J connectivity index is 2.45. The average Bonchev–Trinajstić information content (AvgIpc) is 2.65. The molecule has 0 aliphatic heterocycles. The maximum absolute atomic E-state index is 12.3. The highest BCUT2D eigenvalue weighted by atomic mass is 16.2. The quantitative estimate of drug-likeness (QED) is 0.388. The number of hydrogen-bond donors (Lipinski definition) is 2. The van der Waals surface area contributed by atoms with Gasteiger partial charge in [-0.3, -0.25) is 9.79 Å². The first-order valence-electron chi connectivity index (χ1n) is 9.48. The number of amides is 1. The molecule has 0 fully saturated rings. The van der Waals surface area contributed by atoms with Gasteiger partial charge in [0, 0.05) is 38.8 Å². The van der Waals surface area contributed by atoms with Crippen molar-refractivity contribution in [2.24, 2.45) is 4.99 Å². The Morgan fingerprint density at radius 3 is 2.24 bits per heavy atom. The lowest BCUT2D eigenvalue weighted by molar-refractivity contribution is 0.0773. The Hall–Kier alpha value is -2.04. The molecule has 0 aliphatic carbocycles. The van der Waals surface area contributed by atoms with Crippen LogP contribution in [0.2, 0.25) is 0 Å². The molecule has 1 aromatic rings. The Labute approximate surface area is 152 Å². The van der Waals surface area contributed by atoms with E-state index in [0.29, 0.717) is 6.54 Å². The van der Waals surface area contributed by atoms with Gasteiger partial charge in [0.2, 0.25) is 0 Å². The number of hydrogen-bond acceptors (Lipinski definition) is 2. The number of carbonyl (C=O) groups is 1. The third-order valence-electron chi connectivity index (χ3n) is 4.26. The van der Waals surface area contributed by atoms with E-state index in [2.05, 4.69) is 22.5 Å². The van der Waals surface area contributed by atoms with E-state index in [1.54, 1.807) is 7.05 Å². The van der Waals surface area contributed by atoms with Crippen LogP contribution in [0, 0.1) is 0 Å². The Morgan fingerprint density at radius 2 is 1.68 bits per heavy atom. The van der Waals surface area contributed by atoms with Crippen LogP contribution >= 0.6 is 0 Å². The molecule has 0 saturated heterocycles. The predicted molar refractivity (Wildman–Crippen MR) is 106 cm³/mol. The van der Waals surface area contributed by atoms with Crippen molar-refractivity contribution in [2.45, 2.75) is 53.0 Å². The smallest absolute Gasteiger partial charge is 0.253 e. The number of benzene rings is 1. The number of unbranched alkanes of at least 4 members (excludes halogenated alkanes) is 3. The summed E-state index contributed by atoms with van der Waals surface area (Å²) in [6, 6.07) is 7.80. The zero-order valence-corrected chi connectivity index (χ0v) is 16.3. The summed E-state index contributed by atoms with van der Waals surface area (Å²) >= 11 is 0. The third-order valence-corrected chi connectivity index (χ3v) is 4.26. The largest absolute Gasteiger partial charge is 0.356 e. The number of carbonyl (C=O) groups excluding carboxylic acids is 1. The maximum atomic E-state index is 12.3. The van der Waals surface area contributed by atoms with E-state index in [1.807, 2.05) is 43.0 Å². The summed E-state index contributed by atoms with van der Waals surface area (Å²) in [4.78, 5) is 18.4. The third kappa shape index (κ3) is 7.59. The van der Waals surface area contributed by atoms with Crippen molar-refractivity contribution >= 4 is 11.9 Å². The van der Waals surface area contributed by atoms with Crippen molar-refractivity contribution in [3.63, 3.8) is 0 Å². The first-order valence-corrected chi connectivity index (χ1v) is 9.48. The van der Waals surface area contributed by atoms with E-state index in [1.165, 1.54) is 19.3 Å². The van der Waals surface area contributed by atoms with E-state index in [0.717, 1.165) is 43.1 Å². The van der Waals surface area contributed by atoms with Gasteiger partial charge >= 0.3 is 0 Å². The van der Waals surface area contributed by atoms with Gasteiger partial charge in [0.05, 0.1) is 0 Å². The minimum absolute atomic E-state index is 0.0917. The molecule has 5 nitrogen and oxygen atoms in total. The van der Waals surface area contributed by atoms with Gasteiger partial charge in [-0.15, -0.1) is 0 Å². The van der Waals surface area contributed by atoms with Crippen LogP contribution in [0.4, 0.5) is 0 Å². The molecule has 1 amide bonds. The van der Waals surface area contributed by atoms with Gasteiger partial charge < -0.3 is 15.5 Å². The number of nitrogens with zero attached hydrogens (tertiary/aromatic N) is 2. The zero-order chi connectivity index (χ0) is 18.5. The second-order valence-corrected chi connectivity index (χ2v) is 6.09. The van der Waals surface area contributed by atoms with E-state index >= 15 is 0 Å². The predicted octanol–water partition coefficient (Wildman–Crippen LogP) is 3.41. The van der Waals surface area contributed by atoms with Crippen molar-refractivity contribution in [3.8, 4) is 0 Å². The molecule has 0 aliphatic rings. The molecule has 140 valence electrons. The summed E-state index contributed by atoms with van der Waals surface area (Å²) in [5, 5.41) is 6.65. The van der Waals surface area contributed by atoms with Gasteiger partial charge in [0.1, 0.15) is 0 Å². The number of aliphatic imine (C=N–C) groups is 1. The molecule has 0 bridgehead atoms. The lowest BCUT2D eigenvalue weighted by Crippen LogP contribution is -2.37. The van der Waals surface area contributed by atoms with Crippen LogP contribution in [0.1, 0.15) is 62.4 Å². The van der Waals surface area contributed by atoms with Crippen LogP contribution in [0.15, 0.2) is 29.3 Å². The van der Waals surface area contributed by atoms with Gasteiger partial charge in [0.15, 0.2) is 5.96 Å². The molecule has 2 N–H and O–H groups in total. The van der Waals surface area contributed by atoms with E-state index < -0.39 is 0 Å². The van der Waals surface area contributed by atoms with Crippen molar-refractivity contribution in [1.82, 2.24) is 15.5 Å². The van der Waals surface area contributed by atoms with E-state index in [-0.39, 0.29) is 5.91 Å². The first kappa shape index (κ1) is 21.0. The molecule has 0 unspecified atom stereocenters. The lowest BCUT2D eigenvalue weighted by Gasteiger charge is -2.18. The molecule has 1 aromatic carbocycles. The van der Waals surface area contributed by atoms with Gasteiger partial charge in [0.25, 0.3) is 5.91 Å². The van der Waals surface area contributed by atoms with Gasteiger partial charge in [-0.2, -0.15) is 0 Å². The van der Waals surface area contributed by atoms with Crippen LogP contribution in [-0.4, -0.2) is 43.4 Å². The summed E-state index contributed by atoms with van der Waals surface area (Å²) < 4.78 is 0. The Kier molecular flexibility index (Phi) is 10.4. The maximum Gasteiger partial charge on any atom is 0.253 e. The van der Waals surface area contributed by atoms with Crippen molar-refractivity contribution in [2.75, 3.05) is 26.7 Å². The molecule has 0 heterocycles. The summed E-state index contributed by atoms with van der Waals surface area (Å²) in [5.74, 6) is 0.911. The number of rotatable bonds is 10. The van der Waals surface area contributed by atoms with Crippen molar-refractivity contribution < 1.29 is 4.79 Å². The summed E-state index contributed by atoms with van der Waals surface area (Å²) in [6.07, 6.45) is 4.95. The van der Waals surface area contributed by atoms with Crippen LogP contribution < -0.4 is 10.6 Å². The molecular weight excluding hydrogens is 312 g/mol. The highest BCUT2D eigenvalue weighted by molar-refractivity contribution is 5.94. The van der Waals surface area contributed by atoms with Crippen molar-refractivity contribution in [1.29, 1.82) is 0 Å². The summed E-state index contributed by atoms with van der Waals surface area (Å²) in [5.41, 5.74) is 1.87. The normalized spacial score (nSPS) is 11.3. The monoisotopic (exact) mass is 346 g/mol. The van der Waals surface area contributed by atoms with Crippen molar-refractivity contribution in [3.05, 3.63) is 35.4 Å². The van der Waals surface area contributed by atoms with Gasteiger partial charge in [-0.25, -0.2) is 0 Å². The first-order chi connectivity index (χ1) is 12.2. The Bertz CT molecular complexity index is 521. The highest BCUT2D eigenvalue weighted by Gasteiger charge is 2.11. The fraction of sp³-hybridized carbons (Fsp3) is 0.600. The number of guanidine groups is 1. The minimum Gasteiger partial charge on any atom is -0.356 e. The SMILES string of the molecule is CCCCCCNC(=NC)NCc1ccc(C(=O)N(CC)CC)cc1. The molecule has 1 rings (SSSR count). The second-order valence-electron chi connectivity index (χ2n) is 6.09. The summed E-state index contributed by atoms with van der Waals surface area (Å²) in [6.45, 7) is 9.32. The van der Waals surface area contributed by atoms with E-state index in [9.17, 15) is 4.79 Å². The molecule has 25 heavy (non-hydrogen) atoms. The van der Waals surface area contributed by atoms with Gasteiger partial charge in [-0.05, 0) is 38.0 Å². The van der Waals surface area contributed by atoms with Crippen LogP contribution in [-0.2, 0) is 6.54 Å². The molecule has 0 saturated carbocycles. The highest BCUT2D eigenvalue weighted by Crippen LogP contribution is 2.08. The van der Waals surface area contributed by atoms with E-state index in [4.69, 9.17) is 0 Å².